The second-order valence-corrected chi connectivity index (χ2v) is 11.0. The molecule has 1 N–H and O–H groups in total. The van der Waals surface area contributed by atoms with Crippen LogP contribution in [0.3, 0.4) is 0 Å². The van der Waals surface area contributed by atoms with Crippen molar-refractivity contribution in [3.8, 4) is 11.3 Å². The summed E-state index contributed by atoms with van der Waals surface area (Å²) in [4.78, 5) is 26.3. The van der Waals surface area contributed by atoms with Gasteiger partial charge in [-0.25, -0.2) is 14.0 Å². The fourth-order valence-corrected chi connectivity index (χ4v) is 6.16. The Morgan fingerprint density at radius 2 is 1.85 bits per heavy atom. The van der Waals surface area contributed by atoms with Crippen molar-refractivity contribution in [3.63, 3.8) is 0 Å². The molecule has 39 heavy (non-hydrogen) atoms. The number of urea groups is 1. The number of esters is 1. The zero-order valence-electron chi connectivity index (χ0n) is 21.1. The number of carbonyl (C=O) groups excluding carboxylic acids is 2. The number of rotatable bonds is 7. The molecule has 4 fully saturated rings. The summed E-state index contributed by atoms with van der Waals surface area (Å²) < 4.78 is 31.2. The predicted molar refractivity (Wildman–Crippen MR) is 143 cm³/mol. The molecule has 204 valence electrons. The molecule has 11 heteroatoms. The average molecular weight is 574 g/mol. The van der Waals surface area contributed by atoms with Crippen molar-refractivity contribution in [1.82, 2.24) is 10.1 Å². The van der Waals surface area contributed by atoms with Gasteiger partial charge in [-0.05, 0) is 62.4 Å². The van der Waals surface area contributed by atoms with Crippen LogP contribution in [0.1, 0.15) is 59.7 Å². The van der Waals surface area contributed by atoms with Gasteiger partial charge in [-0.2, -0.15) is 0 Å². The number of ether oxygens (including phenoxy) is 2. The molecule has 2 saturated heterocycles. The molecule has 0 radical (unpaired) electrons. The number of carbonyl (C=O) groups is 2. The van der Waals surface area contributed by atoms with Crippen LogP contribution in [0.25, 0.3) is 11.3 Å². The van der Waals surface area contributed by atoms with E-state index in [1.807, 2.05) is 0 Å². The molecule has 2 aliphatic carbocycles. The van der Waals surface area contributed by atoms with E-state index in [4.69, 9.17) is 32.5 Å². The molecule has 0 spiro atoms. The second-order valence-electron chi connectivity index (χ2n) is 10.2. The van der Waals surface area contributed by atoms with Crippen molar-refractivity contribution in [2.75, 3.05) is 12.4 Å². The number of amides is 2. The summed E-state index contributed by atoms with van der Waals surface area (Å²) in [7, 11) is 1.22. The summed E-state index contributed by atoms with van der Waals surface area (Å²) in [6.45, 7) is 0.306. The number of hydrogen-bond donors (Lipinski definition) is 1. The Bertz CT molecular complexity index is 1410. The van der Waals surface area contributed by atoms with Gasteiger partial charge < -0.3 is 24.2 Å². The number of nitrogens with zero attached hydrogens (tertiary/aromatic N) is 2. The Kier molecular flexibility index (Phi) is 6.99. The molecule has 2 bridgehead atoms. The van der Waals surface area contributed by atoms with Crippen LogP contribution in [-0.4, -0.2) is 47.4 Å². The Morgan fingerprint density at radius 3 is 2.49 bits per heavy atom. The molecular formula is C28H26Cl2FN3O5. The van der Waals surface area contributed by atoms with Crippen LogP contribution in [0, 0.1) is 5.82 Å². The lowest BCUT2D eigenvalue weighted by molar-refractivity contribution is -0.0837. The van der Waals surface area contributed by atoms with Gasteiger partial charge in [0.2, 0.25) is 0 Å². The zero-order valence-corrected chi connectivity index (χ0v) is 22.6. The van der Waals surface area contributed by atoms with E-state index in [1.54, 1.807) is 23.1 Å². The molecule has 3 aromatic rings. The predicted octanol–water partition coefficient (Wildman–Crippen LogP) is 6.81. The van der Waals surface area contributed by atoms with Crippen molar-refractivity contribution in [2.24, 2.45) is 0 Å². The summed E-state index contributed by atoms with van der Waals surface area (Å²) in [5, 5.41) is 7.94. The maximum Gasteiger partial charge on any atom is 0.337 e. The SMILES string of the molecule is COC(=O)c1ccc(NC(=O)N2C3CC(OCc4c(-c5c(Cl)cccc5Cl)noc4C4CC4)CC2C3)c(F)c1. The summed E-state index contributed by atoms with van der Waals surface area (Å²) in [5.41, 5.74) is 2.20. The highest BCUT2D eigenvalue weighted by Crippen LogP contribution is 2.47. The molecule has 8 nitrogen and oxygen atoms in total. The van der Waals surface area contributed by atoms with E-state index in [0.29, 0.717) is 46.7 Å². The molecule has 2 aliphatic heterocycles. The number of benzene rings is 2. The Balaban J connectivity index is 1.10. The monoisotopic (exact) mass is 573 g/mol. The molecule has 2 atom stereocenters. The third-order valence-corrected chi connectivity index (χ3v) is 8.33. The summed E-state index contributed by atoms with van der Waals surface area (Å²) >= 11 is 12.9. The minimum atomic E-state index is -0.701. The van der Waals surface area contributed by atoms with Gasteiger partial charge in [-0.1, -0.05) is 34.4 Å². The third kappa shape index (κ3) is 4.99. The molecule has 1 aromatic heterocycles. The first-order valence-corrected chi connectivity index (χ1v) is 13.6. The minimum Gasteiger partial charge on any atom is -0.465 e. The first kappa shape index (κ1) is 26.1. The molecule has 7 rings (SSSR count). The zero-order chi connectivity index (χ0) is 27.3. The maximum atomic E-state index is 14.5. The Morgan fingerprint density at radius 1 is 1.13 bits per heavy atom. The van der Waals surface area contributed by atoms with Crippen LogP contribution < -0.4 is 5.32 Å². The lowest BCUT2D eigenvalue weighted by Gasteiger charge is -2.54. The van der Waals surface area contributed by atoms with Gasteiger partial charge in [-0.3, -0.25) is 0 Å². The summed E-state index contributed by atoms with van der Waals surface area (Å²) in [6, 6.07) is 8.77. The van der Waals surface area contributed by atoms with Crippen LogP contribution >= 0.6 is 23.2 Å². The second kappa shape index (κ2) is 10.4. The van der Waals surface area contributed by atoms with E-state index in [9.17, 15) is 14.0 Å². The van der Waals surface area contributed by atoms with E-state index in [2.05, 4.69) is 15.2 Å². The fraction of sp³-hybridized carbons (Fsp3) is 0.393. The van der Waals surface area contributed by atoms with Gasteiger partial charge in [0.15, 0.2) is 0 Å². The average Bonchev–Trinajstić information content (AvgIpc) is 3.68. The van der Waals surface area contributed by atoms with Crippen LogP contribution in [0.15, 0.2) is 40.9 Å². The van der Waals surface area contributed by atoms with Crippen molar-refractivity contribution >= 4 is 40.9 Å². The van der Waals surface area contributed by atoms with E-state index in [0.717, 1.165) is 36.7 Å². The molecule has 2 saturated carbocycles. The number of anilines is 1. The minimum absolute atomic E-state index is 0.00554. The van der Waals surface area contributed by atoms with Crippen LogP contribution in [0.2, 0.25) is 10.0 Å². The van der Waals surface area contributed by atoms with Crippen LogP contribution in [0.5, 0.6) is 0 Å². The first-order chi connectivity index (χ1) is 18.8. The lowest BCUT2D eigenvalue weighted by Crippen LogP contribution is -2.65. The van der Waals surface area contributed by atoms with Crippen molar-refractivity contribution in [1.29, 1.82) is 0 Å². The first-order valence-electron chi connectivity index (χ1n) is 12.9. The van der Waals surface area contributed by atoms with E-state index in [-0.39, 0.29) is 35.5 Å². The Labute approximate surface area is 234 Å². The highest BCUT2D eigenvalue weighted by atomic mass is 35.5. The van der Waals surface area contributed by atoms with Crippen molar-refractivity contribution in [3.05, 3.63) is 69.1 Å². The normalized spacial score (nSPS) is 21.8. The molecule has 2 amide bonds. The number of aromatic nitrogens is 1. The maximum absolute atomic E-state index is 14.5. The highest BCUT2D eigenvalue weighted by molar-refractivity contribution is 6.39. The standard InChI is InChI=1S/C28H26Cl2FN3O5/c1-37-27(35)15-7-8-23(22(31)9-15)32-28(36)34-16-10-17(34)12-18(11-16)38-13-19-25(33-39-26(19)14-5-6-14)24-20(29)3-2-4-21(24)30/h2-4,7-9,14,16-18H,5-6,10-13H2,1H3,(H,32,36). The third-order valence-electron chi connectivity index (χ3n) is 7.70. The summed E-state index contributed by atoms with van der Waals surface area (Å²) in [5.74, 6) is -0.198. The van der Waals surface area contributed by atoms with Gasteiger partial charge >= 0.3 is 12.0 Å². The quantitative estimate of drug-likeness (QED) is 0.312. The number of hydrogen-bond acceptors (Lipinski definition) is 6. The summed E-state index contributed by atoms with van der Waals surface area (Å²) in [6.07, 6.45) is 4.24. The number of methoxy groups -OCH3 is 1. The lowest BCUT2D eigenvalue weighted by atomic mass is 9.78. The van der Waals surface area contributed by atoms with E-state index < -0.39 is 11.8 Å². The smallest absolute Gasteiger partial charge is 0.337 e. The van der Waals surface area contributed by atoms with Crippen molar-refractivity contribution < 1.29 is 28.0 Å². The number of fused-ring (bicyclic) bond motifs is 2. The van der Waals surface area contributed by atoms with Gasteiger partial charge in [0.25, 0.3) is 0 Å². The van der Waals surface area contributed by atoms with E-state index >= 15 is 0 Å². The van der Waals surface area contributed by atoms with Gasteiger partial charge in [0.1, 0.15) is 17.3 Å². The van der Waals surface area contributed by atoms with Crippen LogP contribution in [0.4, 0.5) is 14.9 Å². The molecule has 2 unspecified atom stereocenters. The molecular weight excluding hydrogens is 548 g/mol. The molecule has 3 heterocycles. The number of nitrogens with one attached hydrogen (secondary N) is 1. The number of piperidine rings is 1. The molecule has 2 aromatic carbocycles. The largest absolute Gasteiger partial charge is 0.465 e. The van der Waals surface area contributed by atoms with Gasteiger partial charge in [0.05, 0.1) is 41.1 Å². The number of halogens is 3. The topological polar surface area (TPSA) is 93.9 Å². The van der Waals surface area contributed by atoms with Crippen LogP contribution in [-0.2, 0) is 16.1 Å². The fourth-order valence-electron chi connectivity index (χ4n) is 5.58. The van der Waals surface area contributed by atoms with Gasteiger partial charge in [-0.15, -0.1) is 0 Å². The van der Waals surface area contributed by atoms with Crippen molar-refractivity contribution in [2.45, 2.75) is 62.8 Å². The highest BCUT2D eigenvalue weighted by Gasteiger charge is 2.48. The van der Waals surface area contributed by atoms with Gasteiger partial charge in [0, 0.05) is 29.1 Å². The van der Waals surface area contributed by atoms with E-state index in [1.165, 1.54) is 19.2 Å². The molecule has 4 aliphatic rings. The Hall–Kier alpha value is -3.14.